The fraction of sp³-hybridized carbons (Fsp3) is 1.00. The van der Waals surface area contributed by atoms with Gasteiger partial charge in [-0.25, -0.2) is 0 Å². The minimum atomic E-state index is 0. The van der Waals surface area contributed by atoms with Gasteiger partial charge in [0, 0.05) is 0 Å². The Labute approximate surface area is 39.0 Å². The van der Waals surface area contributed by atoms with Crippen LogP contribution in [-0.4, -0.2) is 6.54 Å². The van der Waals surface area contributed by atoms with Crippen molar-refractivity contribution in [2.45, 2.75) is 13.3 Å². The van der Waals surface area contributed by atoms with Gasteiger partial charge in [0.25, 0.3) is 0 Å². The predicted molar refractivity (Wildman–Crippen MR) is 26.6 cm³/mol. The fourth-order valence-electron chi connectivity index (χ4n) is 0. The molecule has 0 aromatic carbocycles. The van der Waals surface area contributed by atoms with Crippen molar-refractivity contribution in [3.05, 3.63) is 0 Å². The quantitative estimate of drug-likeness (QED) is 0.512. The van der Waals surface area contributed by atoms with Crippen molar-refractivity contribution in [2.24, 2.45) is 5.73 Å². The van der Waals surface area contributed by atoms with Crippen molar-refractivity contribution >= 4 is 12.4 Å². The first-order chi connectivity index (χ1) is 1.91. The molecule has 0 aliphatic heterocycles. The van der Waals surface area contributed by atoms with E-state index in [1.54, 1.807) is 0 Å². The zero-order valence-electron chi connectivity index (χ0n) is 3.40. The Balaban J connectivity index is 0. The van der Waals surface area contributed by atoms with Gasteiger partial charge in [0.1, 0.15) is 0 Å². The lowest BCUT2D eigenvalue weighted by atomic mass is 10.5. The van der Waals surface area contributed by atoms with Crippen LogP contribution in [0.25, 0.3) is 0 Å². The largest absolute Gasteiger partial charge is 0.330 e. The van der Waals surface area contributed by atoms with Gasteiger partial charge in [0.15, 0.2) is 0 Å². The van der Waals surface area contributed by atoms with E-state index in [1.165, 1.54) is 0 Å². The second-order valence-corrected chi connectivity index (χ2v) is 0.789. The van der Waals surface area contributed by atoms with Crippen LogP contribution >= 0.6 is 12.4 Å². The maximum atomic E-state index is 5.03. The van der Waals surface area contributed by atoms with Crippen LogP contribution in [0.3, 0.4) is 0 Å². The molecule has 0 atom stereocenters. The third kappa shape index (κ3) is 13.8. The van der Waals surface area contributed by atoms with Crippen LogP contribution in [-0.2, 0) is 0 Å². The molecular formula is C3H10ClN. The van der Waals surface area contributed by atoms with Crippen molar-refractivity contribution in [3.63, 3.8) is 0 Å². The van der Waals surface area contributed by atoms with E-state index in [4.69, 9.17) is 5.73 Å². The Bertz CT molecular complexity index is 8.85. The second-order valence-electron chi connectivity index (χ2n) is 0.789. The minimum Gasteiger partial charge on any atom is -0.330 e. The Kier molecular flexibility index (Phi) is 15.9. The lowest BCUT2D eigenvalue weighted by Crippen LogP contribution is -1.93. The van der Waals surface area contributed by atoms with E-state index < -0.39 is 0 Å². The van der Waals surface area contributed by atoms with Gasteiger partial charge in [-0.15, -0.1) is 12.4 Å². The van der Waals surface area contributed by atoms with Crippen molar-refractivity contribution in [1.82, 2.24) is 0 Å². The highest BCUT2D eigenvalue weighted by Crippen LogP contribution is 1.57. The summed E-state index contributed by atoms with van der Waals surface area (Å²) in [5.74, 6) is 0. The van der Waals surface area contributed by atoms with Crippen LogP contribution in [0.15, 0.2) is 0 Å². The van der Waals surface area contributed by atoms with Crippen LogP contribution in [0.5, 0.6) is 0 Å². The van der Waals surface area contributed by atoms with Gasteiger partial charge in [-0.3, -0.25) is 0 Å². The maximum Gasteiger partial charge on any atom is -0.00799 e. The summed E-state index contributed by atoms with van der Waals surface area (Å²) in [7, 11) is 0. The van der Waals surface area contributed by atoms with Crippen molar-refractivity contribution in [3.8, 4) is 0 Å². The van der Waals surface area contributed by atoms with Crippen LogP contribution in [0.2, 0.25) is 0 Å². The van der Waals surface area contributed by atoms with E-state index in [2.05, 4.69) is 6.92 Å². The molecule has 2 heteroatoms. The fourth-order valence-corrected chi connectivity index (χ4v) is 0. The lowest BCUT2D eigenvalue weighted by Gasteiger charge is -1.70. The zero-order chi connectivity index (χ0) is 3.41. The Morgan fingerprint density at radius 3 is 1.80 bits per heavy atom. The molecule has 5 heavy (non-hydrogen) atoms. The molecule has 0 unspecified atom stereocenters. The molecule has 0 spiro atoms. The Morgan fingerprint density at radius 2 is 1.80 bits per heavy atom. The summed E-state index contributed by atoms with van der Waals surface area (Å²) in [6.07, 6.45) is 1.10. The molecule has 1 nitrogen and oxygen atoms in total. The van der Waals surface area contributed by atoms with Crippen molar-refractivity contribution in [1.29, 1.82) is 0 Å². The highest BCUT2D eigenvalue weighted by atomic mass is 35.5. The zero-order valence-corrected chi connectivity index (χ0v) is 4.22. The molecule has 34 valence electrons. The van der Waals surface area contributed by atoms with E-state index in [9.17, 15) is 0 Å². The number of halogens is 1. The summed E-state index contributed by atoms with van der Waals surface area (Å²) >= 11 is 0. The molecular weight excluding hydrogens is 85.5 g/mol. The van der Waals surface area contributed by atoms with Gasteiger partial charge in [0.2, 0.25) is 0 Å². The topological polar surface area (TPSA) is 26.0 Å². The molecule has 0 aliphatic rings. The maximum absolute atomic E-state index is 5.03. The highest BCUT2D eigenvalue weighted by molar-refractivity contribution is 5.85. The molecule has 0 heterocycles. The first-order valence-corrected chi connectivity index (χ1v) is 1.62. The number of hydrogen-bond donors (Lipinski definition) is 1. The molecule has 0 fully saturated rings. The standard InChI is InChI=1S/C3H9N.ClH/c1-2-3-4;/h2-4H2,1H3;1H. The monoisotopic (exact) mass is 95.1 g/mol. The molecule has 0 rings (SSSR count). The average molecular weight is 95.6 g/mol. The Morgan fingerprint density at radius 1 is 1.60 bits per heavy atom. The smallest absolute Gasteiger partial charge is 0.00799 e. The SMILES string of the molecule is CCCN.Cl. The summed E-state index contributed by atoms with van der Waals surface area (Å²) in [4.78, 5) is 0. The summed E-state index contributed by atoms with van der Waals surface area (Å²) in [5.41, 5.74) is 5.03. The van der Waals surface area contributed by atoms with Gasteiger partial charge >= 0.3 is 0 Å². The Hall–Kier alpha value is 0.250. The summed E-state index contributed by atoms with van der Waals surface area (Å²) in [6.45, 7) is 2.88. The van der Waals surface area contributed by atoms with Gasteiger partial charge in [-0.1, -0.05) is 6.92 Å². The van der Waals surface area contributed by atoms with Gasteiger partial charge in [-0.2, -0.15) is 0 Å². The molecule has 0 aromatic heterocycles. The molecule has 0 aliphatic carbocycles. The van der Waals surface area contributed by atoms with Gasteiger partial charge in [0.05, 0.1) is 0 Å². The molecule has 0 radical (unpaired) electrons. The van der Waals surface area contributed by atoms with Crippen molar-refractivity contribution in [2.75, 3.05) is 6.54 Å². The van der Waals surface area contributed by atoms with E-state index in [1.807, 2.05) is 0 Å². The van der Waals surface area contributed by atoms with Crippen LogP contribution in [0, 0.1) is 0 Å². The average Bonchev–Trinajstić information content (AvgIpc) is 1.37. The second kappa shape index (κ2) is 8.87. The third-order valence-corrected chi connectivity index (χ3v) is 0.289. The first-order valence-electron chi connectivity index (χ1n) is 1.62. The van der Waals surface area contributed by atoms with Gasteiger partial charge < -0.3 is 5.73 Å². The van der Waals surface area contributed by atoms with Crippen LogP contribution < -0.4 is 5.73 Å². The van der Waals surface area contributed by atoms with E-state index in [-0.39, 0.29) is 12.4 Å². The summed E-state index contributed by atoms with van der Waals surface area (Å²) in [6, 6.07) is 0. The molecule has 0 aromatic rings. The van der Waals surface area contributed by atoms with Gasteiger partial charge in [-0.05, 0) is 13.0 Å². The molecule has 0 saturated heterocycles. The molecule has 2 N–H and O–H groups in total. The van der Waals surface area contributed by atoms with Crippen molar-refractivity contribution < 1.29 is 0 Å². The number of hydrogen-bond acceptors (Lipinski definition) is 1. The number of rotatable bonds is 1. The van der Waals surface area contributed by atoms with E-state index >= 15 is 0 Å². The number of nitrogens with two attached hydrogens (primary N) is 1. The molecule has 0 saturated carbocycles. The molecule has 0 amide bonds. The normalized spacial score (nSPS) is 6.00. The third-order valence-electron chi connectivity index (χ3n) is 0.289. The minimum absolute atomic E-state index is 0. The van der Waals surface area contributed by atoms with E-state index in [0.717, 1.165) is 13.0 Å². The predicted octanol–water partition coefficient (Wildman–Crippen LogP) is 0.777. The molecule has 0 bridgehead atoms. The first kappa shape index (κ1) is 8.98. The van der Waals surface area contributed by atoms with Crippen LogP contribution in [0.1, 0.15) is 13.3 Å². The lowest BCUT2D eigenvalue weighted by molar-refractivity contribution is 0.932. The van der Waals surface area contributed by atoms with E-state index in [0.29, 0.717) is 0 Å². The summed E-state index contributed by atoms with van der Waals surface area (Å²) < 4.78 is 0. The highest BCUT2D eigenvalue weighted by Gasteiger charge is 1.55. The van der Waals surface area contributed by atoms with Crippen LogP contribution in [0.4, 0.5) is 0 Å². The summed E-state index contributed by atoms with van der Waals surface area (Å²) in [5, 5.41) is 0.